The summed E-state index contributed by atoms with van der Waals surface area (Å²) < 4.78 is 26.5. The number of carbonyl (C=O) groups is 1. The minimum atomic E-state index is -0.571. The lowest BCUT2D eigenvalue weighted by molar-refractivity contribution is 0.112. The normalized spacial score (nSPS) is 10.3. The molecule has 17 heavy (non-hydrogen) atoms. The number of halogens is 2. The second-order valence-electron chi connectivity index (χ2n) is 3.77. The van der Waals surface area contributed by atoms with E-state index in [0.717, 1.165) is 0 Å². The van der Waals surface area contributed by atoms with Crippen molar-refractivity contribution >= 4 is 6.29 Å². The summed E-state index contributed by atoms with van der Waals surface area (Å²) in [4.78, 5) is 10.6. The fourth-order valence-corrected chi connectivity index (χ4v) is 1.72. The van der Waals surface area contributed by atoms with E-state index in [1.807, 2.05) is 0 Å². The fourth-order valence-electron chi connectivity index (χ4n) is 1.72. The molecule has 0 aliphatic carbocycles. The van der Waals surface area contributed by atoms with Crippen molar-refractivity contribution in [3.63, 3.8) is 0 Å². The van der Waals surface area contributed by atoms with Crippen LogP contribution < -0.4 is 0 Å². The number of hydrogen-bond acceptors (Lipinski definition) is 1. The van der Waals surface area contributed by atoms with Gasteiger partial charge in [-0.2, -0.15) is 0 Å². The van der Waals surface area contributed by atoms with Gasteiger partial charge in [0, 0.05) is 0 Å². The summed E-state index contributed by atoms with van der Waals surface area (Å²) in [5.41, 5.74) is 1.75. The molecule has 2 aromatic rings. The highest BCUT2D eigenvalue weighted by molar-refractivity contribution is 5.80. The third kappa shape index (κ3) is 2.09. The Morgan fingerprint density at radius 1 is 1.06 bits per heavy atom. The molecule has 0 saturated heterocycles. The van der Waals surface area contributed by atoms with E-state index in [1.54, 1.807) is 19.1 Å². The lowest BCUT2D eigenvalue weighted by Crippen LogP contribution is -1.92. The van der Waals surface area contributed by atoms with E-state index in [1.165, 1.54) is 24.3 Å². The van der Waals surface area contributed by atoms with Gasteiger partial charge in [0.2, 0.25) is 0 Å². The summed E-state index contributed by atoms with van der Waals surface area (Å²) in [6, 6.07) is 8.85. The first-order valence-electron chi connectivity index (χ1n) is 5.13. The molecule has 0 unspecified atom stereocenters. The summed E-state index contributed by atoms with van der Waals surface area (Å²) in [6.07, 6.45) is 0.452. The highest BCUT2D eigenvalue weighted by Gasteiger charge is 2.08. The molecule has 0 spiro atoms. The van der Waals surface area contributed by atoms with Crippen LogP contribution in [0, 0.1) is 18.6 Å². The Morgan fingerprint density at radius 3 is 2.53 bits per heavy atom. The molecule has 0 fully saturated rings. The second-order valence-corrected chi connectivity index (χ2v) is 3.77. The van der Waals surface area contributed by atoms with Crippen molar-refractivity contribution in [2.75, 3.05) is 0 Å². The predicted molar refractivity (Wildman–Crippen MR) is 61.9 cm³/mol. The Kier molecular flexibility index (Phi) is 3.00. The Bertz CT molecular complexity index is 576. The lowest BCUT2D eigenvalue weighted by Gasteiger charge is -2.07. The average Bonchev–Trinajstić information content (AvgIpc) is 2.34. The Labute approximate surface area is 97.7 Å². The second kappa shape index (κ2) is 4.45. The summed E-state index contributed by atoms with van der Waals surface area (Å²) in [7, 11) is 0. The summed E-state index contributed by atoms with van der Waals surface area (Å²) >= 11 is 0. The van der Waals surface area contributed by atoms with E-state index in [9.17, 15) is 13.6 Å². The number of aldehydes is 1. The van der Waals surface area contributed by atoms with E-state index in [2.05, 4.69) is 0 Å². The molecular weight excluding hydrogens is 222 g/mol. The van der Waals surface area contributed by atoms with Crippen LogP contribution in [0.25, 0.3) is 11.1 Å². The van der Waals surface area contributed by atoms with E-state index in [4.69, 9.17) is 0 Å². The Morgan fingerprint density at radius 2 is 1.82 bits per heavy atom. The molecule has 3 heteroatoms. The number of hydrogen-bond donors (Lipinski definition) is 0. The fraction of sp³-hybridized carbons (Fsp3) is 0.0714. The monoisotopic (exact) mass is 232 g/mol. The van der Waals surface area contributed by atoms with Crippen molar-refractivity contribution in [1.29, 1.82) is 0 Å². The summed E-state index contributed by atoms with van der Waals surface area (Å²) in [6.45, 7) is 1.65. The molecule has 2 aromatic carbocycles. The molecule has 86 valence electrons. The first-order valence-corrected chi connectivity index (χ1v) is 5.13. The molecular formula is C14H10F2O. The molecule has 0 radical (unpaired) electrons. The van der Waals surface area contributed by atoms with Crippen LogP contribution in [0.2, 0.25) is 0 Å². The average molecular weight is 232 g/mol. The van der Waals surface area contributed by atoms with Gasteiger partial charge in [0.15, 0.2) is 6.29 Å². The van der Waals surface area contributed by atoms with Gasteiger partial charge in [-0.15, -0.1) is 0 Å². The number of rotatable bonds is 2. The van der Waals surface area contributed by atoms with Gasteiger partial charge in [-0.25, -0.2) is 8.78 Å². The summed E-state index contributed by atoms with van der Waals surface area (Å²) in [5, 5.41) is 0. The minimum absolute atomic E-state index is 0.0221. The van der Waals surface area contributed by atoms with Crippen molar-refractivity contribution in [3.05, 3.63) is 59.2 Å². The van der Waals surface area contributed by atoms with E-state index in [0.29, 0.717) is 23.0 Å². The van der Waals surface area contributed by atoms with Gasteiger partial charge in [-0.3, -0.25) is 4.79 Å². The van der Waals surface area contributed by atoms with Crippen LogP contribution in [0.15, 0.2) is 36.4 Å². The van der Waals surface area contributed by atoms with Crippen LogP contribution in [0.4, 0.5) is 8.78 Å². The zero-order chi connectivity index (χ0) is 12.4. The maximum atomic E-state index is 13.4. The van der Waals surface area contributed by atoms with Crippen molar-refractivity contribution in [2.45, 2.75) is 6.92 Å². The van der Waals surface area contributed by atoms with Crippen LogP contribution in [0.3, 0.4) is 0 Å². The highest BCUT2D eigenvalue weighted by Crippen LogP contribution is 2.26. The Balaban J connectivity index is 2.61. The van der Waals surface area contributed by atoms with Crippen molar-refractivity contribution < 1.29 is 13.6 Å². The van der Waals surface area contributed by atoms with Gasteiger partial charge in [-0.1, -0.05) is 18.2 Å². The zero-order valence-corrected chi connectivity index (χ0v) is 9.21. The standard InChI is InChI=1S/C14H10F2O/c1-9-12(3-2-4-13(9)15)10-5-6-14(16)11(7-10)8-17/h2-8H,1H3. The molecule has 1 nitrogen and oxygen atoms in total. The summed E-state index contributed by atoms with van der Waals surface area (Å²) in [5.74, 6) is -0.891. The van der Waals surface area contributed by atoms with E-state index in [-0.39, 0.29) is 11.4 Å². The molecule has 0 aliphatic rings. The van der Waals surface area contributed by atoms with Gasteiger partial charge in [0.1, 0.15) is 11.6 Å². The van der Waals surface area contributed by atoms with Gasteiger partial charge < -0.3 is 0 Å². The third-order valence-electron chi connectivity index (χ3n) is 2.70. The lowest BCUT2D eigenvalue weighted by atomic mass is 9.98. The first kappa shape index (κ1) is 11.5. The van der Waals surface area contributed by atoms with Gasteiger partial charge in [-0.05, 0) is 41.8 Å². The smallest absolute Gasteiger partial charge is 0.153 e. The van der Waals surface area contributed by atoms with Crippen molar-refractivity contribution in [1.82, 2.24) is 0 Å². The van der Waals surface area contributed by atoms with Crippen LogP contribution in [0.1, 0.15) is 15.9 Å². The van der Waals surface area contributed by atoms with Crippen LogP contribution in [-0.4, -0.2) is 6.29 Å². The quantitative estimate of drug-likeness (QED) is 0.720. The van der Waals surface area contributed by atoms with Crippen molar-refractivity contribution in [2.24, 2.45) is 0 Å². The largest absolute Gasteiger partial charge is 0.298 e. The molecule has 0 saturated carbocycles. The van der Waals surface area contributed by atoms with Crippen LogP contribution in [-0.2, 0) is 0 Å². The first-order chi connectivity index (χ1) is 8.13. The molecule has 0 aliphatic heterocycles. The van der Waals surface area contributed by atoms with Crippen molar-refractivity contribution in [3.8, 4) is 11.1 Å². The van der Waals surface area contributed by atoms with Crippen LogP contribution in [0.5, 0.6) is 0 Å². The Hall–Kier alpha value is -2.03. The maximum absolute atomic E-state index is 13.4. The van der Waals surface area contributed by atoms with Gasteiger partial charge in [0.05, 0.1) is 5.56 Å². The molecule has 0 aromatic heterocycles. The topological polar surface area (TPSA) is 17.1 Å². The molecule has 0 amide bonds. The molecule has 0 bridgehead atoms. The molecule has 2 rings (SSSR count). The zero-order valence-electron chi connectivity index (χ0n) is 9.21. The number of benzene rings is 2. The molecule has 0 heterocycles. The third-order valence-corrected chi connectivity index (χ3v) is 2.70. The van der Waals surface area contributed by atoms with Gasteiger partial charge >= 0.3 is 0 Å². The van der Waals surface area contributed by atoms with E-state index < -0.39 is 5.82 Å². The maximum Gasteiger partial charge on any atom is 0.153 e. The minimum Gasteiger partial charge on any atom is -0.298 e. The molecule has 0 atom stereocenters. The highest BCUT2D eigenvalue weighted by atomic mass is 19.1. The van der Waals surface area contributed by atoms with Gasteiger partial charge in [0.25, 0.3) is 0 Å². The van der Waals surface area contributed by atoms with Crippen LogP contribution >= 0.6 is 0 Å². The number of carbonyl (C=O) groups excluding carboxylic acids is 1. The predicted octanol–water partition coefficient (Wildman–Crippen LogP) is 3.75. The molecule has 0 N–H and O–H groups in total. The van der Waals surface area contributed by atoms with E-state index >= 15 is 0 Å². The SMILES string of the molecule is Cc1c(F)cccc1-c1ccc(F)c(C=O)c1.